The molecule has 1 atom stereocenters. The number of aromatic nitrogens is 2. The number of hydrogen-bond donors (Lipinski definition) is 1. The SMILES string of the molecule is COc1cnc(C(N)c2cc(Cl)cc(Br)c2)c(OC)n1. The van der Waals surface area contributed by atoms with E-state index in [1.807, 2.05) is 6.07 Å². The van der Waals surface area contributed by atoms with Crippen LogP contribution in [-0.4, -0.2) is 24.2 Å². The highest BCUT2D eigenvalue weighted by Crippen LogP contribution is 2.29. The largest absolute Gasteiger partial charge is 0.480 e. The third-order valence-corrected chi connectivity index (χ3v) is 3.36. The zero-order valence-electron chi connectivity index (χ0n) is 10.9. The number of hydrogen-bond acceptors (Lipinski definition) is 5. The van der Waals surface area contributed by atoms with Crippen molar-refractivity contribution in [2.45, 2.75) is 6.04 Å². The average Bonchev–Trinajstić information content (AvgIpc) is 2.44. The number of rotatable bonds is 4. The van der Waals surface area contributed by atoms with Crippen molar-refractivity contribution in [1.82, 2.24) is 9.97 Å². The Bertz CT molecular complexity index is 604. The van der Waals surface area contributed by atoms with Gasteiger partial charge < -0.3 is 15.2 Å². The molecule has 0 radical (unpaired) electrons. The molecule has 0 fully saturated rings. The first-order valence-electron chi connectivity index (χ1n) is 5.71. The van der Waals surface area contributed by atoms with E-state index >= 15 is 0 Å². The van der Waals surface area contributed by atoms with Gasteiger partial charge in [0.2, 0.25) is 11.8 Å². The van der Waals surface area contributed by atoms with E-state index in [-0.39, 0.29) is 0 Å². The highest BCUT2D eigenvalue weighted by atomic mass is 79.9. The van der Waals surface area contributed by atoms with Crippen LogP contribution in [0.4, 0.5) is 0 Å². The van der Waals surface area contributed by atoms with Gasteiger partial charge in [-0.15, -0.1) is 0 Å². The summed E-state index contributed by atoms with van der Waals surface area (Å²) >= 11 is 9.42. The zero-order valence-corrected chi connectivity index (χ0v) is 13.3. The van der Waals surface area contributed by atoms with Gasteiger partial charge >= 0.3 is 0 Å². The van der Waals surface area contributed by atoms with Crippen molar-refractivity contribution in [3.05, 3.63) is 45.1 Å². The predicted molar refractivity (Wildman–Crippen MR) is 80.3 cm³/mol. The van der Waals surface area contributed by atoms with Crippen LogP contribution in [0.1, 0.15) is 17.3 Å². The molecule has 0 aliphatic rings. The van der Waals surface area contributed by atoms with Gasteiger partial charge in [-0.2, -0.15) is 4.98 Å². The molecule has 106 valence electrons. The minimum Gasteiger partial charge on any atom is -0.480 e. The molecule has 7 heteroatoms. The molecule has 0 bridgehead atoms. The summed E-state index contributed by atoms with van der Waals surface area (Å²) in [5.74, 6) is 0.693. The Hall–Kier alpha value is -1.37. The molecule has 1 heterocycles. The summed E-state index contributed by atoms with van der Waals surface area (Å²) in [5.41, 5.74) is 7.54. The summed E-state index contributed by atoms with van der Waals surface area (Å²) in [5, 5.41) is 0.588. The van der Waals surface area contributed by atoms with Gasteiger partial charge in [-0.1, -0.05) is 27.5 Å². The van der Waals surface area contributed by atoms with Crippen LogP contribution in [0.15, 0.2) is 28.9 Å². The summed E-state index contributed by atoms with van der Waals surface area (Å²) < 4.78 is 11.1. The highest BCUT2D eigenvalue weighted by molar-refractivity contribution is 9.10. The van der Waals surface area contributed by atoms with E-state index in [4.69, 9.17) is 26.8 Å². The highest BCUT2D eigenvalue weighted by Gasteiger charge is 2.18. The van der Waals surface area contributed by atoms with Gasteiger partial charge in [-0.25, -0.2) is 4.98 Å². The Morgan fingerprint density at radius 3 is 2.60 bits per heavy atom. The van der Waals surface area contributed by atoms with E-state index in [0.717, 1.165) is 10.0 Å². The summed E-state index contributed by atoms with van der Waals surface area (Å²) in [4.78, 5) is 8.43. The summed E-state index contributed by atoms with van der Waals surface area (Å²) in [6, 6.07) is 4.94. The number of benzene rings is 1. The van der Waals surface area contributed by atoms with Crippen LogP contribution in [0.3, 0.4) is 0 Å². The monoisotopic (exact) mass is 357 g/mol. The molecule has 0 aliphatic heterocycles. The van der Waals surface area contributed by atoms with Gasteiger partial charge in [-0.05, 0) is 23.8 Å². The van der Waals surface area contributed by atoms with Crippen molar-refractivity contribution in [1.29, 1.82) is 0 Å². The van der Waals surface area contributed by atoms with Crippen molar-refractivity contribution in [2.24, 2.45) is 5.73 Å². The van der Waals surface area contributed by atoms with Crippen molar-refractivity contribution in [3.63, 3.8) is 0 Å². The van der Waals surface area contributed by atoms with Crippen LogP contribution in [-0.2, 0) is 0 Å². The van der Waals surface area contributed by atoms with Crippen LogP contribution in [0, 0.1) is 0 Å². The van der Waals surface area contributed by atoms with Crippen molar-refractivity contribution >= 4 is 27.5 Å². The summed E-state index contributed by atoms with van der Waals surface area (Å²) in [6.45, 7) is 0. The second-order valence-electron chi connectivity index (χ2n) is 3.99. The molecule has 0 spiro atoms. The second-order valence-corrected chi connectivity index (χ2v) is 5.34. The molecule has 0 saturated heterocycles. The summed E-state index contributed by atoms with van der Waals surface area (Å²) in [6.07, 6.45) is 1.50. The van der Waals surface area contributed by atoms with E-state index in [1.54, 1.807) is 12.1 Å². The Morgan fingerprint density at radius 1 is 1.25 bits per heavy atom. The van der Waals surface area contributed by atoms with Gasteiger partial charge in [0.1, 0.15) is 5.69 Å². The van der Waals surface area contributed by atoms with Crippen LogP contribution in [0.2, 0.25) is 5.02 Å². The van der Waals surface area contributed by atoms with Crippen LogP contribution >= 0.6 is 27.5 Å². The van der Waals surface area contributed by atoms with Gasteiger partial charge in [-0.3, -0.25) is 0 Å². The van der Waals surface area contributed by atoms with Gasteiger partial charge in [0.15, 0.2) is 0 Å². The van der Waals surface area contributed by atoms with Crippen molar-refractivity contribution in [3.8, 4) is 11.8 Å². The molecule has 1 aromatic heterocycles. The number of nitrogens with zero attached hydrogens (tertiary/aromatic N) is 2. The van der Waals surface area contributed by atoms with Crippen molar-refractivity contribution in [2.75, 3.05) is 14.2 Å². The number of halogens is 2. The zero-order chi connectivity index (χ0) is 14.7. The fraction of sp³-hybridized carbons (Fsp3) is 0.231. The normalized spacial score (nSPS) is 12.1. The molecule has 2 aromatic rings. The van der Waals surface area contributed by atoms with Gasteiger partial charge in [0, 0.05) is 9.50 Å². The van der Waals surface area contributed by atoms with Crippen LogP contribution in [0.25, 0.3) is 0 Å². The molecule has 0 saturated carbocycles. The molecule has 0 aliphatic carbocycles. The lowest BCUT2D eigenvalue weighted by Gasteiger charge is -2.15. The first-order valence-corrected chi connectivity index (χ1v) is 6.88. The smallest absolute Gasteiger partial charge is 0.240 e. The maximum Gasteiger partial charge on any atom is 0.240 e. The molecule has 0 amide bonds. The molecule has 1 aromatic carbocycles. The third-order valence-electron chi connectivity index (χ3n) is 2.69. The Kier molecular flexibility index (Phi) is 4.80. The maximum atomic E-state index is 6.22. The number of ether oxygens (including phenoxy) is 2. The standard InChI is InChI=1S/C13H13BrClN3O2/c1-19-10-6-17-12(13(18-10)20-2)11(16)7-3-8(14)5-9(15)4-7/h3-6,11H,16H2,1-2H3. The third kappa shape index (κ3) is 3.20. The fourth-order valence-corrected chi connectivity index (χ4v) is 2.63. The van der Waals surface area contributed by atoms with Gasteiger partial charge in [0.25, 0.3) is 0 Å². The topological polar surface area (TPSA) is 70.3 Å². The lowest BCUT2D eigenvalue weighted by Crippen LogP contribution is -2.16. The van der Waals surface area contributed by atoms with Crippen molar-refractivity contribution < 1.29 is 9.47 Å². The number of nitrogens with two attached hydrogens (primary N) is 1. The Balaban J connectivity index is 2.44. The van der Waals surface area contributed by atoms with E-state index < -0.39 is 6.04 Å². The molecule has 2 rings (SSSR count). The molecule has 2 N–H and O–H groups in total. The molecular weight excluding hydrogens is 346 g/mol. The number of methoxy groups -OCH3 is 2. The van der Waals surface area contributed by atoms with E-state index in [1.165, 1.54) is 20.4 Å². The Morgan fingerprint density at radius 2 is 2.00 bits per heavy atom. The quantitative estimate of drug-likeness (QED) is 0.910. The summed E-state index contributed by atoms with van der Waals surface area (Å²) in [7, 11) is 3.02. The maximum absolute atomic E-state index is 6.22. The first-order chi connectivity index (χ1) is 9.55. The van der Waals surface area contributed by atoms with E-state index in [2.05, 4.69) is 25.9 Å². The minimum atomic E-state index is -0.502. The molecule has 5 nitrogen and oxygen atoms in total. The molecule has 1 unspecified atom stereocenters. The first kappa shape index (κ1) is 15.0. The lowest BCUT2D eigenvalue weighted by atomic mass is 10.0. The van der Waals surface area contributed by atoms with Gasteiger partial charge in [0.05, 0.1) is 26.5 Å². The van der Waals surface area contributed by atoms with Crippen LogP contribution in [0.5, 0.6) is 11.8 Å². The molecular formula is C13H13BrClN3O2. The van der Waals surface area contributed by atoms with E-state index in [0.29, 0.717) is 22.5 Å². The van der Waals surface area contributed by atoms with Crippen LogP contribution < -0.4 is 15.2 Å². The van der Waals surface area contributed by atoms with E-state index in [9.17, 15) is 0 Å². The predicted octanol–water partition coefficient (Wildman–Crippen LogP) is 2.96. The second kappa shape index (κ2) is 6.39. The Labute approximate surface area is 130 Å². The lowest BCUT2D eigenvalue weighted by molar-refractivity contribution is 0.355. The average molecular weight is 359 g/mol. The fourth-order valence-electron chi connectivity index (χ4n) is 1.74. The minimum absolute atomic E-state index is 0.327. The molecule has 20 heavy (non-hydrogen) atoms.